The molecule has 2 aromatic heterocycles. The first kappa shape index (κ1) is 41.0. The quantitative estimate of drug-likeness (QED) is 0.166. The summed E-state index contributed by atoms with van der Waals surface area (Å²) in [6.45, 7) is 9.34. The summed E-state index contributed by atoms with van der Waals surface area (Å²) in [5.74, 6) is 0. The average Bonchev–Trinajstić information content (AvgIpc) is 4.12. The number of hydrogen-bond donors (Lipinski definition) is 0. The highest BCUT2D eigenvalue weighted by Gasteiger charge is 2.37. The van der Waals surface area contributed by atoms with Gasteiger partial charge in [-0.1, -0.05) is 137 Å². The Morgan fingerprint density at radius 2 is 0.694 bits per heavy atom. The fourth-order valence-electron chi connectivity index (χ4n) is 12.7. The third-order valence-corrected chi connectivity index (χ3v) is 16.2. The summed E-state index contributed by atoms with van der Waals surface area (Å²) < 4.78 is 13.9. The molecule has 0 saturated carbocycles. The Balaban J connectivity index is 0.835. The zero-order chi connectivity index (χ0) is 48.0. The molecule has 0 saturated heterocycles. The normalized spacial score (nSPS) is 14.1. The van der Waals surface area contributed by atoms with Crippen molar-refractivity contribution in [3.8, 4) is 22.3 Å². The first-order valence-electron chi connectivity index (χ1n) is 25.1. The summed E-state index contributed by atoms with van der Waals surface area (Å²) in [6, 6.07) is 79.7. The Labute approximate surface area is 417 Å². The van der Waals surface area contributed by atoms with Crippen LogP contribution in [0.1, 0.15) is 49.9 Å². The molecule has 2 heterocycles. The highest BCUT2D eigenvalue weighted by Crippen LogP contribution is 2.53. The van der Waals surface area contributed by atoms with Crippen LogP contribution >= 0.6 is 0 Å². The van der Waals surface area contributed by atoms with Gasteiger partial charge in [0.2, 0.25) is 0 Å². The van der Waals surface area contributed by atoms with Gasteiger partial charge in [0.15, 0.2) is 0 Å². The van der Waals surface area contributed by atoms with E-state index in [0.29, 0.717) is 0 Å². The molecule has 342 valence electrons. The van der Waals surface area contributed by atoms with Crippen LogP contribution in [0.25, 0.3) is 87.7 Å². The highest BCUT2D eigenvalue weighted by molar-refractivity contribution is 6.27. The van der Waals surface area contributed by atoms with Gasteiger partial charge in [0.05, 0.1) is 5.39 Å². The number of para-hydroxylation sites is 2. The maximum atomic E-state index is 7.07. The third-order valence-electron chi connectivity index (χ3n) is 16.2. The SMILES string of the molecule is CC1(C)c2ccccc2-c2cc(N(c3ccccc3)c3ccc4c(ccc5c6ccc7oc8c9ccc(N(c%10ccccc%10)c%10ccc%11c(c%10)-c%10ccccc%10C%11(C)C)cc9ccc8c7c6oc45)c3)ccc21. The van der Waals surface area contributed by atoms with Crippen molar-refractivity contribution in [1.82, 2.24) is 0 Å². The fraction of sp³-hybridized carbons (Fsp3) is 0.0882. The van der Waals surface area contributed by atoms with Crippen LogP contribution in [0.3, 0.4) is 0 Å². The van der Waals surface area contributed by atoms with E-state index >= 15 is 0 Å². The van der Waals surface area contributed by atoms with Crippen LogP contribution in [-0.4, -0.2) is 0 Å². The Morgan fingerprint density at radius 3 is 1.24 bits per heavy atom. The number of furan rings is 2. The summed E-state index contributed by atoms with van der Waals surface area (Å²) >= 11 is 0. The van der Waals surface area contributed by atoms with Gasteiger partial charge in [-0.25, -0.2) is 0 Å². The summed E-state index contributed by atoms with van der Waals surface area (Å²) in [5, 5.41) is 8.56. The molecule has 0 aliphatic heterocycles. The maximum absolute atomic E-state index is 7.07. The highest BCUT2D eigenvalue weighted by atomic mass is 16.3. The minimum absolute atomic E-state index is 0.0589. The van der Waals surface area contributed by atoms with Gasteiger partial charge in [0, 0.05) is 71.9 Å². The van der Waals surface area contributed by atoms with Crippen molar-refractivity contribution in [3.05, 3.63) is 241 Å². The van der Waals surface area contributed by atoms with Crippen molar-refractivity contribution < 1.29 is 8.83 Å². The first-order chi connectivity index (χ1) is 35.2. The molecular formula is C68H48N2O2. The third kappa shape index (κ3) is 5.75. The molecule has 13 aromatic rings. The van der Waals surface area contributed by atoms with Gasteiger partial charge < -0.3 is 18.6 Å². The number of fused-ring (bicyclic) bond motifs is 17. The Kier molecular flexibility index (Phi) is 8.44. The number of nitrogens with zero attached hydrogens (tertiary/aromatic N) is 2. The molecule has 0 bridgehead atoms. The second-order valence-electron chi connectivity index (χ2n) is 20.9. The lowest BCUT2D eigenvalue weighted by Gasteiger charge is -2.27. The molecular weight excluding hydrogens is 877 g/mol. The van der Waals surface area contributed by atoms with Crippen LogP contribution in [0.15, 0.2) is 227 Å². The first-order valence-corrected chi connectivity index (χ1v) is 25.1. The smallest absolute Gasteiger partial charge is 0.147 e. The van der Waals surface area contributed by atoms with E-state index in [1.54, 1.807) is 0 Å². The molecule has 0 unspecified atom stereocenters. The van der Waals surface area contributed by atoms with Gasteiger partial charge in [-0.3, -0.25) is 0 Å². The molecule has 2 aliphatic rings. The van der Waals surface area contributed by atoms with Gasteiger partial charge in [-0.2, -0.15) is 0 Å². The summed E-state index contributed by atoms with van der Waals surface area (Å²) in [4.78, 5) is 4.74. The molecule has 15 rings (SSSR count). The molecule has 72 heavy (non-hydrogen) atoms. The van der Waals surface area contributed by atoms with Crippen LogP contribution in [0.4, 0.5) is 34.1 Å². The summed E-state index contributed by atoms with van der Waals surface area (Å²) in [7, 11) is 0. The van der Waals surface area contributed by atoms with Gasteiger partial charge >= 0.3 is 0 Å². The minimum atomic E-state index is -0.0593. The van der Waals surface area contributed by atoms with Crippen molar-refractivity contribution in [2.45, 2.75) is 38.5 Å². The van der Waals surface area contributed by atoms with E-state index in [1.165, 1.54) is 44.5 Å². The molecule has 0 spiro atoms. The van der Waals surface area contributed by atoms with Gasteiger partial charge in [-0.15, -0.1) is 0 Å². The van der Waals surface area contributed by atoms with E-state index < -0.39 is 0 Å². The van der Waals surface area contributed by atoms with Crippen LogP contribution < -0.4 is 9.80 Å². The van der Waals surface area contributed by atoms with E-state index in [0.717, 1.165) is 99.5 Å². The van der Waals surface area contributed by atoms with Crippen molar-refractivity contribution in [3.63, 3.8) is 0 Å². The van der Waals surface area contributed by atoms with Crippen LogP contribution in [0, 0.1) is 0 Å². The van der Waals surface area contributed by atoms with Crippen LogP contribution in [0.5, 0.6) is 0 Å². The van der Waals surface area contributed by atoms with E-state index in [-0.39, 0.29) is 10.8 Å². The van der Waals surface area contributed by atoms with Crippen LogP contribution in [0.2, 0.25) is 0 Å². The number of benzene rings is 11. The predicted octanol–water partition coefficient (Wildman–Crippen LogP) is 19.3. The molecule has 2 aliphatic carbocycles. The second kappa shape index (κ2) is 14.8. The van der Waals surface area contributed by atoms with Gasteiger partial charge in [-0.05, 0) is 164 Å². The van der Waals surface area contributed by atoms with E-state index in [2.05, 4.69) is 256 Å². The van der Waals surface area contributed by atoms with Gasteiger partial charge in [0.1, 0.15) is 22.3 Å². The van der Waals surface area contributed by atoms with Crippen LogP contribution in [-0.2, 0) is 10.8 Å². The number of rotatable bonds is 6. The maximum Gasteiger partial charge on any atom is 0.147 e. The van der Waals surface area contributed by atoms with E-state index in [1.807, 2.05) is 0 Å². The minimum Gasteiger partial charge on any atom is -0.455 e. The topological polar surface area (TPSA) is 32.8 Å². The summed E-state index contributed by atoms with van der Waals surface area (Å²) in [5.41, 5.74) is 20.6. The monoisotopic (exact) mass is 924 g/mol. The largest absolute Gasteiger partial charge is 0.455 e. The molecule has 0 atom stereocenters. The zero-order valence-electron chi connectivity index (χ0n) is 40.5. The molecule has 0 radical (unpaired) electrons. The standard InChI is InChI=1S/C68H48N2O2/c1-67(2)58-21-13-11-19-51(58)56-39-47(27-34-60(56)67)69(43-15-7-5-8-16-43)45-25-31-49-41(37-45)23-29-53-54-33-36-62-63(66(54)72-64(49)53)55-30-24-42-38-46(26-32-50(42)65(55)71-62)70(44-17-9-6-10-18-44)48-28-35-61-57(40-48)52-20-12-14-22-59(52)68(61,3)4/h5-40H,1-4H3. The van der Waals surface area contributed by atoms with Gasteiger partial charge in [0.25, 0.3) is 0 Å². The average molecular weight is 925 g/mol. The lowest BCUT2D eigenvalue weighted by atomic mass is 9.82. The molecule has 0 amide bonds. The van der Waals surface area contributed by atoms with Crippen molar-refractivity contribution in [1.29, 1.82) is 0 Å². The van der Waals surface area contributed by atoms with Crippen molar-refractivity contribution >= 4 is 99.5 Å². The molecule has 0 N–H and O–H groups in total. The Morgan fingerprint density at radius 1 is 0.292 bits per heavy atom. The molecule has 4 heteroatoms. The molecule has 0 fully saturated rings. The van der Waals surface area contributed by atoms with Crippen molar-refractivity contribution in [2.75, 3.05) is 9.80 Å². The van der Waals surface area contributed by atoms with E-state index in [9.17, 15) is 0 Å². The predicted molar refractivity (Wildman–Crippen MR) is 301 cm³/mol. The second-order valence-corrected chi connectivity index (χ2v) is 20.9. The van der Waals surface area contributed by atoms with E-state index in [4.69, 9.17) is 8.83 Å². The lowest BCUT2D eigenvalue weighted by Crippen LogP contribution is -2.15. The molecule has 4 nitrogen and oxygen atoms in total. The Hall–Kier alpha value is -8.86. The van der Waals surface area contributed by atoms with Crippen molar-refractivity contribution in [2.24, 2.45) is 0 Å². The fourth-order valence-corrected chi connectivity index (χ4v) is 12.7. The molecule has 11 aromatic carbocycles. The number of hydrogen-bond acceptors (Lipinski definition) is 4. The number of anilines is 6. The lowest BCUT2D eigenvalue weighted by molar-refractivity contribution is 0.660. The summed E-state index contributed by atoms with van der Waals surface area (Å²) in [6.07, 6.45) is 0. The zero-order valence-corrected chi connectivity index (χ0v) is 40.5. The Bertz CT molecular complexity index is 4400.